The fourth-order valence-corrected chi connectivity index (χ4v) is 1.09. The van der Waals surface area contributed by atoms with E-state index in [-0.39, 0.29) is 31.3 Å². The highest BCUT2D eigenvalue weighted by atomic mass is 16.5. The van der Waals surface area contributed by atoms with Gasteiger partial charge in [-0.2, -0.15) is 0 Å². The first kappa shape index (κ1) is 17.9. The van der Waals surface area contributed by atoms with E-state index in [0.29, 0.717) is 0 Å². The van der Waals surface area contributed by atoms with E-state index >= 15 is 0 Å². The summed E-state index contributed by atoms with van der Waals surface area (Å²) in [5, 5.41) is 5.14. The molecule has 2 N–H and O–H groups in total. The molecule has 0 aromatic heterocycles. The molecule has 0 aromatic carbocycles. The van der Waals surface area contributed by atoms with Gasteiger partial charge in [0.15, 0.2) is 0 Å². The van der Waals surface area contributed by atoms with E-state index in [1.165, 1.54) is 0 Å². The van der Waals surface area contributed by atoms with Crippen LogP contribution in [0.25, 0.3) is 0 Å². The van der Waals surface area contributed by atoms with E-state index in [1.54, 1.807) is 13.8 Å². The maximum atomic E-state index is 11.2. The van der Waals surface area contributed by atoms with Crippen molar-refractivity contribution in [3.63, 3.8) is 0 Å². The van der Waals surface area contributed by atoms with Crippen molar-refractivity contribution in [2.45, 2.75) is 39.8 Å². The van der Waals surface area contributed by atoms with Gasteiger partial charge in [0.25, 0.3) is 0 Å². The van der Waals surface area contributed by atoms with E-state index in [1.807, 2.05) is 13.8 Å². The molecular weight excluding hydrogens is 264 g/mol. The Morgan fingerprint density at radius 2 is 1.65 bits per heavy atom. The zero-order chi connectivity index (χ0) is 15.5. The third-order valence-corrected chi connectivity index (χ3v) is 1.76. The normalized spacial score (nSPS) is 10.7. The van der Waals surface area contributed by atoms with E-state index < -0.39 is 11.9 Å². The van der Waals surface area contributed by atoms with Gasteiger partial charge in [0.05, 0.1) is 12.6 Å². The Kier molecular flexibility index (Phi) is 8.82. The average molecular weight is 286 g/mol. The second kappa shape index (κ2) is 9.82. The topological polar surface area (TPSA) is 93.7 Å². The largest absolute Gasteiger partial charge is 0.461 e. The van der Waals surface area contributed by atoms with Gasteiger partial charge in [-0.1, -0.05) is 0 Å². The van der Waals surface area contributed by atoms with Crippen molar-refractivity contribution in [3.8, 4) is 0 Å². The highest BCUT2D eigenvalue weighted by molar-refractivity contribution is 5.91. The molecule has 114 valence electrons. The summed E-state index contributed by atoms with van der Waals surface area (Å²) in [7, 11) is 0. The van der Waals surface area contributed by atoms with Crippen molar-refractivity contribution in [2.24, 2.45) is 0 Å². The molecule has 0 saturated heterocycles. The van der Waals surface area contributed by atoms with E-state index in [2.05, 4.69) is 10.6 Å². The Labute approximate surface area is 118 Å². The van der Waals surface area contributed by atoms with Crippen LogP contribution in [0.3, 0.4) is 0 Å². The van der Waals surface area contributed by atoms with Crippen LogP contribution in [0.1, 0.15) is 27.7 Å². The van der Waals surface area contributed by atoms with Crippen LogP contribution in [-0.4, -0.2) is 43.3 Å². The van der Waals surface area contributed by atoms with Crippen molar-refractivity contribution in [2.75, 3.05) is 13.2 Å². The molecule has 7 nitrogen and oxygen atoms in total. The molecule has 0 heterocycles. The number of urea groups is 1. The number of esters is 2. The standard InChI is InChI=1S/C13H22N2O5/c1-9(2)15-13(18)14-7-8-19-11(16)5-6-12(17)20-10(3)4/h5-6,9-10H,7-8H2,1-4H3,(H2,14,15,18)/b6-5+. The Morgan fingerprint density at radius 1 is 1.05 bits per heavy atom. The quantitative estimate of drug-likeness (QED) is 0.409. The zero-order valence-electron chi connectivity index (χ0n) is 12.3. The van der Waals surface area contributed by atoms with Gasteiger partial charge in [0.1, 0.15) is 6.61 Å². The van der Waals surface area contributed by atoms with Gasteiger partial charge in [0, 0.05) is 18.2 Å². The first-order chi connectivity index (χ1) is 9.31. The van der Waals surface area contributed by atoms with Crippen molar-refractivity contribution in [1.82, 2.24) is 10.6 Å². The average Bonchev–Trinajstić information content (AvgIpc) is 2.30. The number of carbonyl (C=O) groups excluding carboxylic acids is 3. The number of hydrogen-bond donors (Lipinski definition) is 2. The van der Waals surface area contributed by atoms with Gasteiger partial charge in [0.2, 0.25) is 0 Å². The predicted molar refractivity (Wildman–Crippen MR) is 73.0 cm³/mol. The second-order valence-corrected chi connectivity index (χ2v) is 4.54. The highest BCUT2D eigenvalue weighted by Crippen LogP contribution is 1.91. The molecule has 0 aromatic rings. The Morgan fingerprint density at radius 3 is 2.20 bits per heavy atom. The molecule has 0 saturated carbocycles. The lowest BCUT2D eigenvalue weighted by Gasteiger charge is -2.09. The fraction of sp³-hybridized carbons (Fsp3) is 0.615. The van der Waals surface area contributed by atoms with Gasteiger partial charge in [-0.15, -0.1) is 0 Å². The van der Waals surface area contributed by atoms with Crippen LogP contribution in [0.15, 0.2) is 12.2 Å². The molecule has 0 aliphatic rings. The van der Waals surface area contributed by atoms with Crippen LogP contribution in [0, 0.1) is 0 Å². The van der Waals surface area contributed by atoms with Crippen LogP contribution in [-0.2, 0) is 19.1 Å². The minimum Gasteiger partial charge on any atom is -0.461 e. The summed E-state index contributed by atoms with van der Waals surface area (Å²) in [6, 6.07) is -0.292. The molecule has 0 atom stereocenters. The number of amides is 2. The van der Waals surface area contributed by atoms with Crippen LogP contribution in [0.2, 0.25) is 0 Å². The number of carbonyl (C=O) groups is 3. The van der Waals surface area contributed by atoms with Crippen molar-refractivity contribution in [1.29, 1.82) is 0 Å². The van der Waals surface area contributed by atoms with Gasteiger partial charge in [-0.25, -0.2) is 14.4 Å². The molecule has 0 aliphatic carbocycles. The van der Waals surface area contributed by atoms with Crippen molar-refractivity contribution >= 4 is 18.0 Å². The molecular formula is C13H22N2O5. The van der Waals surface area contributed by atoms with Gasteiger partial charge < -0.3 is 20.1 Å². The Bertz CT molecular complexity index is 364. The van der Waals surface area contributed by atoms with E-state index in [4.69, 9.17) is 9.47 Å². The number of nitrogens with one attached hydrogen (secondary N) is 2. The molecule has 0 spiro atoms. The summed E-state index contributed by atoms with van der Waals surface area (Å²) in [6.45, 7) is 7.29. The maximum Gasteiger partial charge on any atom is 0.331 e. The molecule has 7 heteroatoms. The summed E-state index contributed by atoms with van der Waals surface area (Å²) in [5.74, 6) is -1.27. The SMILES string of the molecule is CC(C)NC(=O)NCCOC(=O)/C=C/C(=O)OC(C)C. The summed E-state index contributed by atoms with van der Waals surface area (Å²) in [5.41, 5.74) is 0. The third kappa shape index (κ3) is 11.1. The second-order valence-electron chi connectivity index (χ2n) is 4.54. The van der Waals surface area contributed by atoms with Crippen molar-refractivity contribution in [3.05, 3.63) is 12.2 Å². The summed E-state index contributed by atoms with van der Waals surface area (Å²) in [4.78, 5) is 33.5. The monoisotopic (exact) mass is 286 g/mol. The van der Waals surface area contributed by atoms with Crippen LogP contribution in [0.5, 0.6) is 0 Å². The molecule has 0 bridgehead atoms. The molecule has 0 radical (unpaired) electrons. The molecule has 2 amide bonds. The lowest BCUT2D eigenvalue weighted by Crippen LogP contribution is -2.40. The fourth-order valence-electron chi connectivity index (χ4n) is 1.09. The lowest BCUT2D eigenvalue weighted by atomic mass is 10.4. The first-order valence-electron chi connectivity index (χ1n) is 6.41. The number of hydrogen-bond acceptors (Lipinski definition) is 5. The molecule has 0 aliphatic heterocycles. The van der Waals surface area contributed by atoms with E-state index in [0.717, 1.165) is 12.2 Å². The zero-order valence-corrected chi connectivity index (χ0v) is 12.3. The predicted octanol–water partition coefficient (Wildman–Crippen LogP) is 0.745. The van der Waals surface area contributed by atoms with Crippen LogP contribution >= 0.6 is 0 Å². The lowest BCUT2D eigenvalue weighted by molar-refractivity contribution is -0.142. The van der Waals surface area contributed by atoms with Gasteiger partial charge >= 0.3 is 18.0 Å². The summed E-state index contributed by atoms with van der Waals surface area (Å²) >= 11 is 0. The van der Waals surface area contributed by atoms with Crippen LogP contribution in [0.4, 0.5) is 4.79 Å². The van der Waals surface area contributed by atoms with Gasteiger partial charge in [-0.3, -0.25) is 0 Å². The molecule has 0 unspecified atom stereocenters. The molecule has 20 heavy (non-hydrogen) atoms. The number of rotatable bonds is 7. The molecule has 0 fully saturated rings. The first-order valence-corrected chi connectivity index (χ1v) is 6.41. The molecule has 0 rings (SSSR count). The minimum atomic E-state index is -0.670. The number of ether oxygens (including phenoxy) is 2. The highest BCUT2D eigenvalue weighted by Gasteiger charge is 2.04. The Hall–Kier alpha value is -2.05. The maximum absolute atomic E-state index is 11.2. The Balaban J connectivity index is 3.76. The smallest absolute Gasteiger partial charge is 0.331 e. The summed E-state index contributed by atoms with van der Waals surface area (Å²) < 4.78 is 9.57. The summed E-state index contributed by atoms with van der Waals surface area (Å²) in [6.07, 6.45) is 1.74. The van der Waals surface area contributed by atoms with Crippen molar-refractivity contribution < 1.29 is 23.9 Å². The van der Waals surface area contributed by atoms with E-state index in [9.17, 15) is 14.4 Å². The third-order valence-electron chi connectivity index (χ3n) is 1.76. The van der Waals surface area contributed by atoms with Gasteiger partial charge in [-0.05, 0) is 27.7 Å². The van der Waals surface area contributed by atoms with Crippen LogP contribution < -0.4 is 10.6 Å². The minimum absolute atomic E-state index is 0.0217.